The van der Waals surface area contributed by atoms with Crippen LogP contribution in [0.25, 0.3) is 104 Å². The van der Waals surface area contributed by atoms with E-state index in [4.69, 9.17) is 15.0 Å². The molecule has 0 aliphatic carbocycles. The van der Waals surface area contributed by atoms with Crippen molar-refractivity contribution in [3.05, 3.63) is 194 Å². The smallest absolute Gasteiger partial charge is 0.164 e. The lowest BCUT2D eigenvalue weighted by Crippen LogP contribution is -2.02. The van der Waals surface area contributed by atoms with Gasteiger partial charge in [0.1, 0.15) is 0 Å². The summed E-state index contributed by atoms with van der Waals surface area (Å²) in [6.45, 7) is 0. The normalized spacial score (nSPS) is 11.6. The maximum atomic E-state index is 5.08. The van der Waals surface area contributed by atoms with Gasteiger partial charge in [0, 0.05) is 53.2 Å². The van der Waals surface area contributed by atoms with Crippen LogP contribution >= 0.6 is 11.3 Å². The Morgan fingerprint density at radius 2 is 0.893 bits per heavy atom. The van der Waals surface area contributed by atoms with Crippen LogP contribution in [0.4, 0.5) is 0 Å². The highest BCUT2D eigenvalue weighted by Gasteiger charge is 2.21. The Hall–Kier alpha value is -7.21. The molecule has 0 radical (unpaired) electrons. The number of hydrogen-bond acceptors (Lipinski definition) is 4. The lowest BCUT2D eigenvalue weighted by molar-refractivity contribution is 1.07. The Morgan fingerprint density at radius 1 is 0.339 bits per heavy atom. The second-order valence-corrected chi connectivity index (χ2v) is 15.1. The third-order valence-electron chi connectivity index (χ3n) is 10.7. The molecule has 56 heavy (non-hydrogen) atoms. The minimum Gasteiger partial charge on any atom is -0.309 e. The Bertz CT molecular complexity index is 3180. The molecule has 11 rings (SSSR count). The monoisotopic (exact) mass is 732 g/mol. The number of para-hydroxylation sites is 1. The lowest BCUT2D eigenvalue weighted by atomic mass is 9.98. The predicted molar refractivity (Wildman–Crippen MR) is 234 cm³/mol. The molecule has 0 aliphatic heterocycles. The van der Waals surface area contributed by atoms with Gasteiger partial charge in [0.15, 0.2) is 17.5 Å². The van der Waals surface area contributed by atoms with Gasteiger partial charge in [-0.2, -0.15) is 0 Å². The molecule has 0 aliphatic rings. The molecule has 3 heterocycles. The Morgan fingerprint density at radius 3 is 1.61 bits per heavy atom. The van der Waals surface area contributed by atoms with E-state index >= 15 is 0 Å². The van der Waals surface area contributed by atoms with Crippen molar-refractivity contribution in [1.82, 2.24) is 19.5 Å². The van der Waals surface area contributed by atoms with Crippen molar-refractivity contribution in [3.63, 3.8) is 0 Å². The molecule has 11 aromatic rings. The molecule has 0 fully saturated rings. The molecule has 262 valence electrons. The molecular weight excluding hydrogens is 701 g/mol. The van der Waals surface area contributed by atoms with Crippen LogP contribution in [0.1, 0.15) is 0 Å². The SMILES string of the molecule is c1ccc(-c2nc(-c3ccccc3)nc(-c3ccc(-n4c5ccccc5c5c(-c6ccc7sc8ccccc8c7c6)cccc54)c(-c4ccccc4)c3)n2)cc1. The molecule has 0 N–H and O–H groups in total. The summed E-state index contributed by atoms with van der Waals surface area (Å²) in [6, 6.07) is 68.7. The number of aromatic nitrogens is 4. The van der Waals surface area contributed by atoms with Crippen LogP contribution in [0, 0.1) is 0 Å². The van der Waals surface area contributed by atoms with E-state index in [0.717, 1.165) is 44.5 Å². The number of nitrogens with zero attached hydrogens (tertiary/aromatic N) is 4. The first kappa shape index (κ1) is 32.2. The Kier molecular flexibility index (Phi) is 7.64. The molecule has 5 heteroatoms. The Labute approximate surface area is 327 Å². The topological polar surface area (TPSA) is 43.6 Å². The van der Waals surface area contributed by atoms with E-state index in [2.05, 4.69) is 138 Å². The van der Waals surface area contributed by atoms with Crippen LogP contribution in [-0.4, -0.2) is 19.5 Å². The second kappa shape index (κ2) is 13.3. The number of fused-ring (bicyclic) bond motifs is 6. The van der Waals surface area contributed by atoms with Crippen molar-refractivity contribution in [1.29, 1.82) is 0 Å². The van der Waals surface area contributed by atoms with Crippen molar-refractivity contribution in [2.75, 3.05) is 0 Å². The molecule has 0 atom stereocenters. The molecule has 4 nitrogen and oxygen atoms in total. The third-order valence-corrected chi connectivity index (χ3v) is 11.8. The van der Waals surface area contributed by atoms with E-state index in [-0.39, 0.29) is 0 Å². The predicted octanol–water partition coefficient (Wildman–Crippen LogP) is 13.7. The van der Waals surface area contributed by atoms with Crippen molar-refractivity contribution >= 4 is 53.3 Å². The zero-order chi connectivity index (χ0) is 37.0. The number of rotatable bonds is 6. The largest absolute Gasteiger partial charge is 0.309 e. The van der Waals surface area contributed by atoms with Gasteiger partial charge in [-0.1, -0.05) is 146 Å². The number of benzene rings is 8. The van der Waals surface area contributed by atoms with Crippen LogP contribution in [0.15, 0.2) is 194 Å². The molecule has 8 aromatic carbocycles. The van der Waals surface area contributed by atoms with Gasteiger partial charge in [-0.3, -0.25) is 0 Å². The highest BCUT2D eigenvalue weighted by atomic mass is 32.1. The summed E-state index contributed by atoms with van der Waals surface area (Å²) < 4.78 is 5.05. The van der Waals surface area contributed by atoms with Gasteiger partial charge >= 0.3 is 0 Å². The van der Waals surface area contributed by atoms with Crippen LogP contribution < -0.4 is 0 Å². The highest BCUT2D eigenvalue weighted by Crippen LogP contribution is 2.43. The zero-order valence-corrected chi connectivity index (χ0v) is 31.0. The molecule has 3 aromatic heterocycles. The van der Waals surface area contributed by atoms with Crippen LogP contribution in [-0.2, 0) is 0 Å². The van der Waals surface area contributed by atoms with Gasteiger partial charge in [0.25, 0.3) is 0 Å². The summed E-state index contributed by atoms with van der Waals surface area (Å²) in [4.78, 5) is 15.1. The van der Waals surface area contributed by atoms with Gasteiger partial charge in [-0.25, -0.2) is 15.0 Å². The van der Waals surface area contributed by atoms with E-state index in [9.17, 15) is 0 Å². The first-order valence-corrected chi connectivity index (χ1v) is 19.6. The van der Waals surface area contributed by atoms with E-state index in [1.54, 1.807) is 0 Å². The molecule has 0 spiro atoms. The van der Waals surface area contributed by atoms with Crippen molar-refractivity contribution in [3.8, 4) is 62.1 Å². The maximum absolute atomic E-state index is 5.08. The fraction of sp³-hybridized carbons (Fsp3) is 0. The molecule has 0 unspecified atom stereocenters. The zero-order valence-electron chi connectivity index (χ0n) is 30.2. The maximum Gasteiger partial charge on any atom is 0.164 e. The van der Waals surface area contributed by atoms with Crippen molar-refractivity contribution in [2.24, 2.45) is 0 Å². The third kappa shape index (κ3) is 5.40. The summed E-state index contributed by atoms with van der Waals surface area (Å²) >= 11 is 1.85. The average Bonchev–Trinajstić information content (AvgIpc) is 3.82. The summed E-state index contributed by atoms with van der Waals surface area (Å²) in [5.74, 6) is 1.91. The van der Waals surface area contributed by atoms with Crippen molar-refractivity contribution in [2.45, 2.75) is 0 Å². The van der Waals surface area contributed by atoms with Crippen molar-refractivity contribution < 1.29 is 0 Å². The minimum atomic E-state index is 0.627. The van der Waals surface area contributed by atoms with Gasteiger partial charge in [-0.05, 0) is 65.2 Å². The van der Waals surface area contributed by atoms with Gasteiger partial charge in [-0.15, -0.1) is 11.3 Å². The number of thiophene rings is 1. The quantitative estimate of drug-likeness (QED) is 0.171. The van der Waals surface area contributed by atoms with Crippen LogP contribution in [0.2, 0.25) is 0 Å². The summed E-state index contributed by atoms with van der Waals surface area (Å²) in [6.07, 6.45) is 0. The van der Waals surface area contributed by atoms with E-state index in [1.165, 1.54) is 42.1 Å². The highest BCUT2D eigenvalue weighted by molar-refractivity contribution is 7.25. The fourth-order valence-corrected chi connectivity index (χ4v) is 9.16. The first-order valence-electron chi connectivity index (χ1n) is 18.8. The van der Waals surface area contributed by atoms with Gasteiger partial charge in [0.2, 0.25) is 0 Å². The molecule has 0 saturated carbocycles. The first-order chi connectivity index (χ1) is 27.8. The standard InChI is InChI=1S/C51H32N4S/c1-4-15-33(16-5-1)41-32-37(51-53-49(34-17-6-2-7-18-34)52-50(54-51)35-19-8-3-9-20-35)27-29-44(41)55-43-24-12-10-22-40(43)48-38(23-14-25-45(48)55)36-28-30-47-42(31-36)39-21-11-13-26-46(39)56-47/h1-32H. The minimum absolute atomic E-state index is 0.627. The van der Waals surface area contributed by atoms with E-state index in [1.807, 2.05) is 72.0 Å². The molecule has 0 amide bonds. The summed E-state index contributed by atoms with van der Waals surface area (Å²) in [5, 5.41) is 5.06. The number of hydrogen-bond donors (Lipinski definition) is 0. The lowest BCUT2D eigenvalue weighted by Gasteiger charge is -2.16. The van der Waals surface area contributed by atoms with E-state index in [0.29, 0.717) is 17.5 Å². The van der Waals surface area contributed by atoms with Crippen LogP contribution in [0.5, 0.6) is 0 Å². The average molecular weight is 733 g/mol. The molecule has 0 bridgehead atoms. The van der Waals surface area contributed by atoms with Gasteiger partial charge in [0.05, 0.1) is 16.7 Å². The summed E-state index contributed by atoms with van der Waals surface area (Å²) in [5.41, 5.74) is 10.8. The summed E-state index contributed by atoms with van der Waals surface area (Å²) in [7, 11) is 0. The molecular formula is C51H32N4S. The van der Waals surface area contributed by atoms with E-state index < -0.39 is 0 Å². The van der Waals surface area contributed by atoms with Gasteiger partial charge < -0.3 is 4.57 Å². The fourth-order valence-electron chi connectivity index (χ4n) is 8.07. The Balaban J connectivity index is 1.14. The molecule has 0 saturated heterocycles. The van der Waals surface area contributed by atoms with Crippen LogP contribution in [0.3, 0.4) is 0 Å². The second-order valence-electron chi connectivity index (χ2n) is 14.0.